The number of hydrogen-bond acceptors (Lipinski definition) is 3. The second-order valence-electron chi connectivity index (χ2n) is 5.07. The molecule has 5 heteroatoms. The smallest absolute Gasteiger partial charge is 0.126 e. The Morgan fingerprint density at radius 3 is 2.84 bits per heavy atom. The van der Waals surface area contributed by atoms with E-state index in [0.29, 0.717) is 0 Å². The van der Waals surface area contributed by atoms with E-state index in [1.807, 2.05) is 6.07 Å². The first-order chi connectivity index (χ1) is 9.15. The fourth-order valence-electron chi connectivity index (χ4n) is 2.31. The zero-order valence-electron chi connectivity index (χ0n) is 11.3. The minimum atomic E-state index is -0.112. The van der Waals surface area contributed by atoms with Gasteiger partial charge in [-0.1, -0.05) is 15.9 Å². The van der Waals surface area contributed by atoms with E-state index < -0.39 is 0 Å². The van der Waals surface area contributed by atoms with E-state index in [9.17, 15) is 4.39 Å². The molecule has 1 saturated heterocycles. The van der Waals surface area contributed by atoms with Crippen LogP contribution in [0.4, 0.5) is 4.39 Å². The summed E-state index contributed by atoms with van der Waals surface area (Å²) >= 11 is 3.39. The minimum Gasteiger partial charge on any atom is -0.314 e. The van der Waals surface area contributed by atoms with Gasteiger partial charge in [0.05, 0.1) is 6.67 Å². The van der Waals surface area contributed by atoms with Crippen LogP contribution in [0.25, 0.3) is 0 Å². The normalized spacial score (nSPS) is 17.1. The summed E-state index contributed by atoms with van der Waals surface area (Å²) < 4.78 is 14.6. The first-order valence-corrected chi connectivity index (χ1v) is 7.50. The van der Waals surface area contributed by atoms with Crippen LogP contribution in [0.15, 0.2) is 22.7 Å². The van der Waals surface area contributed by atoms with Gasteiger partial charge in [-0.15, -0.1) is 0 Å². The summed E-state index contributed by atoms with van der Waals surface area (Å²) in [6.07, 6.45) is 0.744. The van der Waals surface area contributed by atoms with Crippen molar-refractivity contribution in [3.8, 4) is 0 Å². The maximum absolute atomic E-state index is 13.6. The first-order valence-electron chi connectivity index (χ1n) is 6.71. The number of likely N-dealkylation sites (N-methyl/N-ethyl adjacent to an activating group) is 1. The van der Waals surface area contributed by atoms with Crippen LogP contribution >= 0.6 is 15.9 Å². The maximum atomic E-state index is 13.6. The number of halogens is 2. The van der Waals surface area contributed by atoms with E-state index in [1.54, 1.807) is 6.07 Å². The molecule has 0 amide bonds. The number of nitrogens with one attached hydrogen (secondary N) is 1. The SMILES string of the molecule is CN(CCc1cc(Br)ccc1F)CN1CCNCC1. The lowest BCUT2D eigenvalue weighted by Gasteiger charge is -2.31. The van der Waals surface area contributed by atoms with E-state index in [-0.39, 0.29) is 5.82 Å². The number of rotatable bonds is 5. The standard InChI is InChI=1S/C14H21BrFN3/c1-18(11-19-8-5-17-6-9-19)7-4-12-10-13(15)2-3-14(12)16/h2-3,10,17H,4-9,11H2,1H3. The van der Waals surface area contributed by atoms with Gasteiger partial charge in [0.15, 0.2) is 0 Å². The molecule has 1 N–H and O–H groups in total. The molecule has 1 aliphatic heterocycles. The van der Waals surface area contributed by atoms with Crippen molar-refractivity contribution in [3.63, 3.8) is 0 Å². The van der Waals surface area contributed by atoms with Crippen LogP contribution in [0, 0.1) is 5.82 Å². The molecule has 0 atom stereocenters. The topological polar surface area (TPSA) is 18.5 Å². The van der Waals surface area contributed by atoms with Crippen molar-refractivity contribution < 1.29 is 4.39 Å². The first kappa shape index (κ1) is 14.9. The summed E-state index contributed by atoms with van der Waals surface area (Å²) in [4.78, 5) is 4.68. The molecule has 1 fully saturated rings. The van der Waals surface area contributed by atoms with E-state index in [4.69, 9.17) is 0 Å². The van der Waals surface area contributed by atoms with Crippen molar-refractivity contribution in [1.29, 1.82) is 0 Å². The third-order valence-corrected chi connectivity index (χ3v) is 3.91. The van der Waals surface area contributed by atoms with Gasteiger partial charge in [-0.2, -0.15) is 0 Å². The van der Waals surface area contributed by atoms with Gasteiger partial charge in [0.25, 0.3) is 0 Å². The quantitative estimate of drug-likeness (QED) is 0.890. The third-order valence-electron chi connectivity index (χ3n) is 3.42. The summed E-state index contributed by atoms with van der Waals surface area (Å²) in [6, 6.07) is 5.13. The molecule has 1 heterocycles. The molecule has 0 unspecified atom stereocenters. The van der Waals surface area contributed by atoms with E-state index in [0.717, 1.165) is 55.8 Å². The Labute approximate surface area is 122 Å². The van der Waals surface area contributed by atoms with Crippen molar-refractivity contribution in [3.05, 3.63) is 34.1 Å². The lowest BCUT2D eigenvalue weighted by molar-refractivity contribution is 0.140. The Morgan fingerprint density at radius 2 is 2.11 bits per heavy atom. The molecule has 0 bridgehead atoms. The van der Waals surface area contributed by atoms with E-state index in [2.05, 4.69) is 38.1 Å². The van der Waals surface area contributed by atoms with Crippen molar-refractivity contribution in [2.45, 2.75) is 6.42 Å². The average molecular weight is 330 g/mol. The summed E-state index contributed by atoms with van der Waals surface area (Å²) in [5.41, 5.74) is 0.779. The van der Waals surface area contributed by atoms with E-state index in [1.165, 1.54) is 6.07 Å². The third kappa shape index (κ3) is 4.84. The minimum absolute atomic E-state index is 0.112. The molecular formula is C14H21BrFN3. The molecule has 0 saturated carbocycles. The Morgan fingerprint density at radius 1 is 1.37 bits per heavy atom. The molecule has 0 radical (unpaired) electrons. The largest absolute Gasteiger partial charge is 0.314 e. The molecule has 0 aromatic heterocycles. The van der Waals surface area contributed by atoms with Crippen molar-refractivity contribution in [2.75, 3.05) is 46.4 Å². The van der Waals surface area contributed by atoms with Gasteiger partial charge in [-0.3, -0.25) is 9.80 Å². The van der Waals surface area contributed by atoms with Gasteiger partial charge >= 0.3 is 0 Å². The highest BCUT2D eigenvalue weighted by Gasteiger charge is 2.12. The summed E-state index contributed by atoms with van der Waals surface area (Å²) in [6.45, 7) is 6.14. The lowest BCUT2D eigenvalue weighted by atomic mass is 10.1. The highest BCUT2D eigenvalue weighted by molar-refractivity contribution is 9.10. The second-order valence-corrected chi connectivity index (χ2v) is 5.99. The van der Waals surface area contributed by atoms with Gasteiger partial charge in [0.2, 0.25) is 0 Å². The number of nitrogens with zero attached hydrogens (tertiary/aromatic N) is 2. The van der Waals surface area contributed by atoms with Gasteiger partial charge < -0.3 is 5.32 Å². The molecule has 0 aliphatic carbocycles. The molecule has 1 aromatic carbocycles. The zero-order chi connectivity index (χ0) is 13.7. The molecule has 1 aromatic rings. The maximum Gasteiger partial charge on any atom is 0.126 e. The lowest BCUT2D eigenvalue weighted by Crippen LogP contribution is -2.47. The van der Waals surface area contributed by atoms with Crippen LogP contribution in [-0.4, -0.2) is 56.2 Å². The van der Waals surface area contributed by atoms with Crippen molar-refractivity contribution >= 4 is 15.9 Å². The molecule has 2 rings (SSSR count). The fraction of sp³-hybridized carbons (Fsp3) is 0.571. The fourth-order valence-corrected chi connectivity index (χ4v) is 2.72. The predicted octanol–water partition coefficient (Wildman–Crippen LogP) is 1.93. The monoisotopic (exact) mass is 329 g/mol. The van der Waals surface area contributed by atoms with Gasteiger partial charge in [-0.25, -0.2) is 4.39 Å². The van der Waals surface area contributed by atoms with E-state index >= 15 is 0 Å². The van der Waals surface area contributed by atoms with Crippen LogP contribution in [0.1, 0.15) is 5.56 Å². The zero-order valence-corrected chi connectivity index (χ0v) is 12.9. The number of hydrogen-bond donors (Lipinski definition) is 1. The molecular weight excluding hydrogens is 309 g/mol. The Balaban J connectivity index is 1.79. The summed E-state index contributed by atoms with van der Waals surface area (Å²) in [5, 5.41) is 3.34. The average Bonchev–Trinajstić information content (AvgIpc) is 2.41. The van der Waals surface area contributed by atoms with Crippen molar-refractivity contribution in [2.24, 2.45) is 0 Å². The van der Waals surface area contributed by atoms with Gasteiger partial charge in [-0.05, 0) is 37.2 Å². The molecule has 106 valence electrons. The van der Waals surface area contributed by atoms with Crippen molar-refractivity contribution in [1.82, 2.24) is 15.1 Å². The van der Waals surface area contributed by atoms with Crippen LogP contribution in [-0.2, 0) is 6.42 Å². The summed E-state index contributed by atoms with van der Waals surface area (Å²) in [7, 11) is 2.10. The Bertz CT molecular complexity index is 408. The Kier molecular flexibility index (Phi) is 5.76. The molecule has 1 aliphatic rings. The van der Waals surface area contributed by atoms with Crippen LogP contribution in [0.5, 0.6) is 0 Å². The molecule has 0 spiro atoms. The Hall–Kier alpha value is -0.490. The molecule has 3 nitrogen and oxygen atoms in total. The highest BCUT2D eigenvalue weighted by Crippen LogP contribution is 2.16. The van der Waals surface area contributed by atoms with Crippen LogP contribution in [0.2, 0.25) is 0 Å². The predicted molar refractivity (Wildman–Crippen MR) is 79.7 cm³/mol. The molecule has 19 heavy (non-hydrogen) atoms. The summed E-state index contributed by atoms with van der Waals surface area (Å²) in [5.74, 6) is -0.112. The van der Waals surface area contributed by atoms with Gasteiger partial charge in [0.1, 0.15) is 5.82 Å². The second kappa shape index (κ2) is 7.33. The van der Waals surface area contributed by atoms with Crippen LogP contribution < -0.4 is 5.32 Å². The van der Waals surface area contributed by atoms with Gasteiger partial charge in [0, 0.05) is 37.2 Å². The van der Waals surface area contributed by atoms with Crippen LogP contribution in [0.3, 0.4) is 0 Å². The highest BCUT2D eigenvalue weighted by atomic mass is 79.9. The number of benzene rings is 1. The number of piperazine rings is 1.